The lowest BCUT2D eigenvalue weighted by Crippen LogP contribution is -2.08. The van der Waals surface area contributed by atoms with E-state index in [0.29, 0.717) is 35.2 Å². The van der Waals surface area contributed by atoms with Crippen molar-refractivity contribution in [2.24, 2.45) is 0 Å². The maximum atomic E-state index is 12.6. The van der Waals surface area contributed by atoms with Gasteiger partial charge < -0.3 is 10.1 Å². The van der Waals surface area contributed by atoms with Crippen LogP contribution >= 0.6 is 35.6 Å². The molecular weight excluding hydrogens is 464 g/mol. The molecule has 0 fully saturated rings. The van der Waals surface area contributed by atoms with Crippen molar-refractivity contribution in [1.82, 2.24) is 15.0 Å². The Morgan fingerprint density at radius 3 is 2.33 bits per heavy atom. The molecule has 0 amide bonds. The fourth-order valence-corrected chi connectivity index (χ4v) is 2.90. The molecule has 30 heavy (non-hydrogen) atoms. The molecule has 160 valence electrons. The normalized spacial score (nSPS) is 11.0. The second-order valence-corrected chi connectivity index (χ2v) is 6.57. The molecule has 0 saturated heterocycles. The lowest BCUT2D eigenvalue weighted by atomic mass is 10.1. The molecule has 0 aliphatic rings. The number of rotatable bonds is 7. The largest absolute Gasteiger partial charge is 0.439 e. The van der Waals surface area contributed by atoms with Gasteiger partial charge in [-0.05, 0) is 30.2 Å². The average Bonchev–Trinajstić information content (AvgIpc) is 2.70. The summed E-state index contributed by atoms with van der Waals surface area (Å²) in [5, 5.41) is 3.53. The predicted octanol–water partition coefficient (Wildman–Crippen LogP) is 6.15. The summed E-state index contributed by atoms with van der Waals surface area (Å²) < 4.78 is 43.1. The molecule has 0 radical (unpaired) electrons. The summed E-state index contributed by atoms with van der Waals surface area (Å²) >= 11 is 11.9. The van der Waals surface area contributed by atoms with Gasteiger partial charge in [-0.2, -0.15) is 13.2 Å². The number of anilines is 1. The summed E-state index contributed by atoms with van der Waals surface area (Å²) in [5.74, 6) is 1.27. The van der Waals surface area contributed by atoms with Gasteiger partial charge >= 0.3 is 6.18 Å². The molecule has 5 nitrogen and oxygen atoms in total. The van der Waals surface area contributed by atoms with E-state index in [0.717, 1.165) is 17.8 Å². The number of halogens is 6. The maximum absolute atomic E-state index is 12.6. The van der Waals surface area contributed by atoms with Crippen molar-refractivity contribution in [3.63, 3.8) is 0 Å². The van der Waals surface area contributed by atoms with Gasteiger partial charge in [0.15, 0.2) is 0 Å². The summed E-state index contributed by atoms with van der Waals surface area (Å²) in [5.41, 5.74) is 0.756. The molecule has 0 aliphatic heterocycles. The summed E-state index contributed by atoms with van der Waals surface area (Å²) in [7, 11) is 0. The second-order valence-electron chi connectivity index (χ2n) is 5.92. The molecule has 0 atom stereocenters. The highest BCUT2D eigenvalue weighted by atomic mass is 35.5. The van der Waals surface area contributed by atoms with Crippen LogP contribution in [0.15, 0.2) is 48.9 Å². The van der Waals surface area contributed by atoms with Crippen LogP contribution in [-0.4, -0.2) is 21.5 Å². The number of nitrogens with one attached hydrogen (secondary N) is 1. The number of nitrogens with zero attached hydrogens (tertiary/aromatic N) is 3. The Labute approximate surface area is 187 Å². The zero-order valence-corrected chi connectivity index (χ0v) is 17.6. The fourth-order valence-electron chi connectivity index (χ4n) is 2.40. The van der Waals surface area contributed by atoms with E-state index in [4.69, 9.17) is 27.9 Å². The van der Waals surface area contributed by atoms with E-state index in [2.05, 4.69) is 20.3 Å². The van der Waals surface area contributed by atoms with E-state index in [1.54, 1.807) is 12.1 Å². The van der Waals surface area contributed by atoms with Crippen molar-refractivity contribution in [2.75, 3.05) is 11.9 Å². The van der Waals surface area contributed by atoms with Crippen molar-refractivity contribution in [3.05, 3.63) is 70.8 Å². The molecule has 11 heteroatoms. The highest BCUT2D eigenvalue weighted by Crippen LogP contribution is 2.30. The standard InChI is InChI=1S/C19H15Cl2F3N4O.ClH/c20-9-15-17(21)18(28-11-27-15)25-8-7-12-1-4-14(5-2-12)29-16-6-3-13(10-26-16)19(22,23)24;/h1-6,10-11H,7-9H2,(H,25,27,28);1H. The van der Waals surface area contributed by atoms with E-state index in [-0.39, 0.29) is 24.2 Å². The monoisotopic (exact) mass is 478 g/mol. The number of aromatic nitrogens is 3. The van der Waals surface area contributed by atoms with E-state index in [1.807, 2.05) is 12.1 Å². The first-order chi connectivity index (χ1) is 13.9. The highest BCUT2D eigenvalue weighted by Gasteiger charge is 2.30. The van der Waals surface area contributed by atoms with Crippen LogP contribution in [-0.2, 0) is 18.5 Å². The van der Waals surface area contributed by atoms with Crippen molar-refractivity contribution in [2.45, 2.75) is 18.5 Å². The molecule has 3 aromatic rings. The van der Waals surface area contributed by atoms with Crippen LogP contribution < -0.4 is 10.1 Å². The number of hydrogen-bond donors (Lipinski definition) is 1. The van der Waals surface area contributed by atoms with Gasteiger partial charge in [0, 0.05) is 18.8 Å². The van der Waals surface area contributed by atoms with Crippen molar-refractivity contribution >= 4 is 41.4 Å². The molecule has 0 unspecified atom stereocenters. The van der Waals surface area contributed by atoms with Crippen molar-refractivity contribution < 1.29 is 17.9 Å². The topological polar surface area (TPSA) is 59.9 Å². The van der Waals surface area contributed by atoms with Gasteiger partial charge in [0.25, 0.3) is 0 Å². The number of benzene rings is 1. The van der Waals surface area contributed by atoms with Crippen LogP contribution in [0.5, 0.6) is 11.6 Å². The molecule has 3 rings (SSSR count). The molecule has 2 aromatic heterocycles. The lowest BCUT2D eigenvalue weighted by Gasteiger charge is -2.10. The zero-order chi connectivity index (χ0) is 20.9. The number of alkyl halides is 4. The lowest BCUT2D eigenvalue weighted by molar-refractivity contribution is -0.137. The van der Waals surface area contributed by atoms with Gasteiger partial charge in [0.2, 0.25) is 5.88 Å². The van der Waals surface area contributed by atoms with Crippen LogP contribution in [0.25, 0.3) is 0 Å². The molecule has 0 saturated carbocycles. The minimum absolute atomic E-state index is 0. The summed E-state index contributed by atoms with van der Waals surface area (Å²) in [6.07, 6.45) is -1.60. The van der Waals surface area contributed by atoms with Gasteiger partial charge in [-0.3, -0.25) is 0 Å². The molecule has 0 spiro atoms. The van der Waals surface area contributed by atoms with Gasteiger partial charge in [-0.15, -0.1) is 24.0 Å². The van der Waals surface area contributed by atoms with E-state index >= 15 is 0 Å². The third-order valence-electron chi connectivity index (χ3n) is 3.90. The molecular formula is C19H16Cl3F3N4O. The minimum Gasteiger partial charge on any atom is -0.439 e. The maximum Gasteiger partial charge on any atom is 0.417 e. The third-order valence-corrected chi connectivity index (χ3v) is 4.55. The second kappa shape index (κ2) is 10.7. The Balaban J connectivity index is 0.00000320. The molecule has 0 aliphatic carbocycles. The minimum atomic E-state index is -4.43. The quantitative estimate of drug-likeness (QED) is 0.412. The molecule has 2 heterocycles. The number of pyridine rings is 1. The zero-order valence-electron chi connectivity index (χ0n) is 15.3. The fraction of sp³-hybridized carbons (Fsp3) is 0.211. The Bertz CT molecular complexity index is 955. The van der Waals surface area contributed by atoms with Crippen LogP contribution in [0, 0.1) is 0 Å². The number of hydrogen-bond acceptors (Lipinski definition) is 5. The molecule has 1 aromatic carbocycles. The van der Waals surface area contributed by atoms with Gasteiger partial charge in [0.1, 0.15) is 22.9 Å². The summed E-state index contributed by atoms with van der Waals surface area (Å²) in [6.45, 7) is 0.582. The van der Waals surface area contributed by atoms with E-state index < -0.39 is 11.7 Å². The summed E-state index contributed by atoms with van der Waals surface area (Å²) in [6, 6.07) is 9.26. The summed E-state index contributed by atoms with van der Waals surface area (Å²) in [4.78, 5) is 11.8. The Morgan fingerprint density at radius 2 is 1.73 bits per heavy atom. The van der Waals surface area contributed by atoms with E-state index in [9.17, 15) is 13.2 Å². The Hall–Kier alpha value is -2.29. The average molecular weight is 480 g/mol. The van der Waals surface area contributed by atoms with Crippen molar-refractivity contribution in [3.8, 4) is 11.6 Å². The highest BCUT2D eigenvalue weighted by molar-refractivity contribution is 6.34. The van der Waals surface area contributed by atoms with Gasteiger partial charge in [-0.25, -0.2) is 15.0 Å². The van der Waals surface area contributed by atoms with Crippen molar-refractivity contribution in [1.29, 1.82) is 0 Å². The van der Waals surface area contributed by atoms with Crippen LogP contribution in [0.2, 0.25) is 5.02 Å². The van der Waals surface area contributed by atoms with Crippen LogP contribution in [0.3, 0.4) is 0 Å². The van der Waals surface area contributed by atoms with Gasteiger partial charge in [0.05, 0.1) is 17.1 Å². The third kappa shape index (κ3) is 6.35. The first kappa shape index (κ1) is 24.0. The predicted molar refractivity (Wildman–Crippen MR) is 112 cm³/mol. The smallest absolute Gasteiger partial charge is 0.417 e. The molecule has 1 N–H and O–H groups in total. The van der Waals surface area contributed by atoms with Crippen LogP contribution in [0.4, 0.5) is 19.0 Å². The van der Waals surface area contributed by atoms with Gasteiger partial charge in [-0.1, -0.05) is 23.7 Å². The van der Waals surface area contributed by atoms with E-state index in [1.165, 1.54) is 12.4 Å². The first-order valence-corrected chi connectivity index (χ1v) is 9.37. The first-order valence-electron chi connectivity index (χ1n) is 8.46. The number of ether oxygens (including phenoxy) is 1. The Morgan fingerprint density at radius 1 is 1.00 bits per heavy atom. The Kier molecular flexibility index (Phi) is 8.52. The SMILES string of the molecule is Cl.FC(F)(F)c1ccc(Oc2ccc(CCNc3ncnc(CCl)c3Cl)cc2)nc1. The van der Waals surface area contributed by atoms with Crippen LogP contribution in [0.1, 0.15) is 16.8 Å². The molecule has 0 bridgehead atoms.